The Morgan fingerprint density at radius 1 is 0.944 bits per heavy atom. The van der Waals surface area contributed by atoms with Gasteiger partial charge in [-0.1, -0.05) is 11.8 Å². The van der Waals surface area contributed by atoms with E-state index in [1.165, 1.54) is 0 Å². The maximum Gasteiger partial charge on any atom is 0.231 e. The molecular weight excluding hydrogens is 246 g/mol. The largest absolute Gasteiger partial charge is 0.454 e. The van der Waals surface area contributed by atoms with E-state index in [0.717, 1.165) is 21.3 Å². The molecule has 18 heavy (non-hydrogen) atoms. The highest BCUT2D eigenvalue weighted by Gasteiger charge is 2.13. The molecule has 2 aromatic carbocycles. The van der Waals surface area contributed by atoms with Crippen molar-refractivity contribution in [2.75, 3.05) is 6.79 Å². The lowest BCUT2D eigenvalue weighted by molar-refractivity contribution is 0.174. The third kappa shape index (κ3) is 2.13. The number of ether oxygens (including phenoxy) is 2. The first-order valence-corrected chi connectivity index (χ1v) is 6.24. The van der Waals surface area contributed by atoms with Crippen LogP contribution in [0, 0.1) is 11.3 Å². The predicted molar refractivity (Wildman–Crippen MR) is 67.8 cm³/mol. The standard InChI is InChI=1S/C14H9NO2S/c15-8-10-1-3-11(4-2-10)18-12-5-6-13-14(7-12)17-9-16-13/h1-7H,9H2. The van der Waals surface area contributed by atoms with Crippen molar-refractivity contribution >= 4 is 11.8 Å². The summed E-state index contributed by atoms with van der Waals surface area (Å²) in [6, 6.07) is 15.5. The van der Waals surface area contributed by atoms with Gasteiger partial charge >= 0.3 is 0 Å². The van der Waals surface area contributed by atoms with Crippen LogP contribution in [0.25, 0.3) is 0 Å². The number of nitrogens with zero attached hydrogens (tertiary/aromatic N) is 1. The van der Waals surface area contributed by atoms with Crippen LogP contribution >= 0.6 is 11.8 Å². The molecule has 1 aliphatic rings. The van der Waals surface area contributed by atoms with Crippen molar-refractivity contribution in [2.24, 2.45) is 0 Å². The number of rotatable bonds is 2. The summed E-state index contributed by atoms with van der Waals surface area (Å²) >= 11 is 1.63. The van der Waals surface area contributed by atoms with Crippen LogP contribution in [0.15, 0.2) is 52.3 Å². The van der Waals surface area contributed by atoms with Crippen LogP contribution in [0.1, 0.15) is 5.56 Å². The molecule has 0 saturated heterocycles. The van der Waals surface area contributed by atoms with Crippen molar-refractivity contribution in [1.82, 2.24) is 0 Å². The highest BCUT2D eigenvalue weighted by atomic mass is 32.2. The van der Waals surface area contributed by atoms with E-state index in [2.05, 4.69) is 6.07 Å². The van der Waals surface area contributed by atoms with Crippen LogP contribution < -0.4 is 9.47 Å². The molecule has 0 radical (unpaired) electrons. The van der Waals surface area contributed by atoms with Crippen LogP contribution in [0.4, 0.5) is 0 Å². The molecule has 0 unspecified atom stereocenters. The minimum absolute atomic E-state index is 0.292. The summed E-state index contributed by atoms with van der Waals surface area (Å²) in [6.45, 7) is 0.292. The fraction of sp³-hybridized carbons (Fsp3) is 0.0714. The second kappa shape index (κ2) is 4.63. The van der Waals surface area contributed by atoms with E-state index in [0.29, 0.717) is 12.4 Å². The first-order valence-electron chi connectivity index (χ1n) is 5.43. The van der Waals surface area contributed by atoms with Crippen molar-refractivity contribution in [1.29, 1.82) is 5.26 Å². The van der Waals surface area contributed by atoms with Gasteiger partial charge in [0.05, 0.1) is 11.6 Å². The molecule has 0 aliphatic carbocycles. The fourth-order valence-electron chi connectivity index (χ4n) is 1.67. The molecule has 4 heteroatoms. The second-order valence-electron chi connectivity index (χ2n) is 3.75. The van der Waals surface area contributed by atoms with Crippen molar-refractivity contribution in [2.45, 2.75) is 9.79 Å². The molecule has 0 fully saturated rings. The number of hydrogen-bond donors (Lipinski definition) is 0. The Hall–Kier alpha value is -2.12. The maximum atomic E-state index is 8.74. The summed E-state index contributed by atoms with van der Waals surface area (Å²) in [5.74, 6) is 1.58. The molecule has 0 spiro atoms. The van der Waals surface area contributed by atoms with E-state index in [1.807, 2.05) is 42.5 Å². The Morgan fingerprint density at radius 3 is 2.44 bits per heavy atom. The van der Waals surface area contributed by atoms with Gasteiger partial charge in [0.25, 0.3) is 0 Å². The molecule has 0 amide bonds. The minimum Gasteiger partial charge on any atom is -0.454 e. The summed E-state index contributed by atoms with van der Waals surface area (Å²) < 4.78 is 10.6. The molecule has 0 atom stereocenters. The lowest BCUT2D eigenvalue weighted by Gasteiger charge is -2.03. The minimum atomic E-state index is 0.292. The van der Waals surface area contributed by atoms with Crippen molar-refractivity contribution in [3.05, 3.63) is 48.0 Å². The lowest BCUT2D eigenvalue weighted by Crippen LogP contribution is -1.92. The second-order valence-corrected chi connectivity index (χ2v) is 4.90. The third-order valence-corrected chi connectivity index (χ3v) is 3.56. The molecule has 88 valence electrons. The summed E-state index contributed by atoms with van der Waals surface area (Å²) in [7, 11) is 0. The quantitative estimate of drug-likeness (QED) is 0.824. The van der Waals surface area contributed by atoms with Crippen molar-refractivity contribution in [3.8, 4) is 17.6 Å². The van der Waals surface area contributed by atoms with Crippen LogP contribution in [0.5, 0.6) is 11.5 Å². The monoisotopic (exact) mass is 255 g/mol. The molecule has 1 aliphatic heterocycles. The highest BCUT2D eigenvalue weighted by Crippen LogP contribution is 2.37. The van der Waals surface area contributed by atoms with Gasteiger partial charge in [-0.3, -0.25) is 0 Å². The average Bonchev–Trinajstić information content (AvgIpc) is 2.87. The number of benzene rings is 2. The third-order valence-electron chi connectivity index (χ3n) is 2.56. The Labute approximate surface area is 109 Å². The Balaban J connectivity index is 1.81. The molecule has 2 aromatic rings. The van der Waals surface area contributed by atoms with Gasteiger partial charge in [0.15, 0.2) is 11.5 Å². The van der Waals surface area contributed by atoms with E-state index >= 15 is 0 Å². The highest BCUT2D eigenvalue weighted by molar-refractivity contribution is 7.99. The average molecular weight is 255 g/mol. The number of hydrogen-bond acceptors (Lipinski definition) is 4. The summed E-state index contributed by atoms with van der Waals surface area (Å²) in [6.07, 6.45) is 0. The molecular formula is C14H9NO2S. The zero-order valence-corrected chi connectivity index (χ0v) is 10.2. The molecule has 0 N–H and O–H groups in total. The Morgan fingerprint density at radius 2 is 1.67 bits per heavy atom. The van der Waals surface area contributed by atoms with Crippen LogP contribution in [0.3, 0.4) is 0 Å². The van der Waals surface area contributed by atoms with Gasteiger partial charge in [-0.2, -0.15) is 5.26 Å². The van der Waals surface area contributed by atoms with Gasteiger partial charge in [-0.25, -0.2) is 0 Å². The molecule has 0 bridgehead atoms. The van der Waals surface area contributed by atoms with Gasteiger partial charge in [-0.15, -0.1) is 0 Å². The van der Waals surface area contributed by atoms with E-state index in [-0.39, 0.29) is 0 Å². The fourth-order valence-corrected chi connectivity index (χ4v) is 2.52. The van der Waals surface area contributed by atoms with E-state index < -0.39 is 0 Å². The van der Waals surface area contributed by atoms with E-state index in [9.17, 15) is 0 Å². The number of fused-ring (bicyclic) bond motifs is 1. The molecule has 0 saturated carbocycles. The summed E-state index contributed by atoms with van der Waals surface area (Å²) in [5.41, 5.74) is 0.671. The van der Waals surface area contributed by atoms with Crippen LogP contribution in [-0.4, -0.2) is 6.79 Å². The Bertz CT molecular complexity index is 617. The molecule has 0 aromatic heterocycles. The zero-order valence-electron chi connectivity index (χ0n) is 9.42. The van der Waals surface area contributed by atoms with Crippen LogP contribution in [0.2, 0.25) is 0 Å². The molecule has 3 nitrogen and oxygen atoms in total. The maximum absolute atomic E-state index is 8.74. The van der Waals surface area contributed by atoms with Crippen LogP contribution in [-0.2, 0) is 0 Å². The number of nitriles is 1. The summed E-state index contributed by atoms with van der Waals surface area (Å²) in [5, 5.41) is 8.74. The SMILES string of the molecule is N#Cc1ccc(Sc2ccc3c(c2)OCO3)cc1. The Kier molecular flexibility index (Phi) is 2.83. The van der Waals surface area contributed by atoms with Gasteiger partial charge in [0, 0.05) is 9.79 Å². The molecule has 1 heterocycles. The van der Waals surface area contributed by atoms with Gasteiger partial charge < -0.3 is 9.47 Å². The van der Waals surface area contributed by atoms with E-state index in [1.54, 1.807) is 11.8 Å². The first kappa shape index (κ1) is 11.0. The lowest BCUT2D eigenvalue weighted by atomic mass is 10.2. The smallest absolute Gasteiger partial charge is 0.231 e. The topological polar surface area (TPSA) is 42.2 Å². The predicted octanol–water partition coefficient (Wildman–Crippen LogP) is 3.44. The van der Waals surface area contributed by atoms with E-state index in [4.69, 9.17) is 14.7 Å². The van der Waals surface area contributed by atoms with Gasteiger partial charge in [-0.05, 0) is 42.5 Å². The zero-order chi connectivity index (χ0) is 12.4. The van der Waals surface area contributed by atoms with Gasteiger partial charge in [0.1, 0.15) is 0 Å². The van der Waals surface area contributed by atoms with Crippen molar-refractivity contribution in [3.63, 3.8) is 0 Å². The first-order chi connectivity index (χ1) is 8.85. The summed E-state index contributed by atoms with van der Waals surface area (Å²) in [4.78, 5) is 2.18. The van der Waals surface area contributed by atoms with Crippen molar-refractivity contribution < 1.29 is 9.47 Å². The van der Waals surface area contributed by atoms with Gasteiger partial charge in [0.2, 0.25) is 6.79 Å². The molecule has 3 rings (SSSR count). The normalized spacial score (nSPS) is 12.2.